The molecule has 1 aromatic carbocycles. The number of para-hydroxylation sites is 2. The van der Waals surface area contributed by atoms with Crippen molar-refractivity contribution in [2.45, 2.75) is 51.7 Å². The van der Waals surface area contributed by atoms with E-state index in [4.69, 9.17) is 9.47 Å². The van der Waals surface area contributed by atoms with E-state index in [1.54, 1.807) is 0 Å². The molecule has 0 bridgehead atoms. The number of benzene rings is 1. The lowest BCUT2D eigenvalue weighted by atomic mass is 9.77. The molecule has 1 N–H and O–H groups in total. The number of fused-ring (bicyclic) bond motifs is 1. The summed E-state index contributed by atoms with van der Waals surface area (Å²) in [6.07, 6.45) is 5.45. The van der Waals surface area contributed by atoms with Gasteiger partial charge < -0.3 is 14.8 Å². The Morgan fingerprint density at radius 2 is 2.05 bits per heavy atom. The molecule has 1 saturated carbocycles. The highest BCUT2D eigenvalue weighted by Crippen LogP contribution is 2.36. The van der Waals surface area contributed by atoms with E-state index >= 15 is 0 Å². The van der Waals surface area contributed by atoms with E-state index in [-0.39, 0.29) is 6.10 Å². The van der Waals surface area contributed by atoms with Crippen molar-refractivity contribution in [3.05, 3.63) is 24.3 Å². The zero-order chi connectivity index (χ0) is 14.7. The molecule has 4 unspecified atom stereocenters. The summed E-state index contributed by atoms with van der Waals surface area (Å²) in [6.45, 7) is 6.19. The van der Waals surface area contributed by atoms with Gasteiger partial charge in [0.25, 0.3) is 0 Å². The van der Waals surface area contributed by atoms with Crippen molar-refractivity contribution in [1.82, 2.24) is 5.32 Å². The SMILES string of the molecule is CCNC(C1CCCC(C)C1)C1COc2ccccc2O1. The first-order valence-corrected chi connectivity index (χ1v) is 8.39. The zero-order valence-corrected chi connectivity index (χ0v) is 13.2. The van der Waals surface area contributed by atoms with Gasteiger partial charge in [0.05, 0.1) is 6.04 Å². The van der Waals surface area contributed by atoms with Crippen molar-refractivity contribution >= 4 is 0 Å². The molecule has 1 aliphatic heterocycles. The van der Waals surface area contributed by atoms with Gasteiger partial charge in [-0.3, -0.25) is 0 Å². The Morgan fingerprint density at radius 1 is 1.24 bits per heavy atom. The maximum absolute atomic E-state index is 6.25. The van der Waals surface area contributed by atoms with Gasteiger partial charge in [0.15, 0.2) is 11.5 Å². The van der Waals surface area contributed by atoms with Gasteiger partial charge in [-0.05, 0) is 43.4 Å². The smallest absolute Gasteiger partial charge is 0.161 e. The van der Waals surface area contributed by atoms with Gasteiger partial charge in [0.1, 0.15) is 12.7 Å². The Bertz CT molecular complexity index is 462. The van der Waals surface area contributed by atoms with Gasteiger partial charge in [-0.25, -0.2) is 0 Å². The van der Waals surface area contributed by atoms with Crippen molar-refractivity contribution in [2.75, 3.05) is 13.2 Å². The second-order valence-corrected chi connectivity index (χ2v) is 6.53. The summed E-state index contributed by atoms with van der Waals surface area (Å²) < 4.78 is 12.2. The van der Waals surface area contributed by atoms with Crippen LogP contribution in [0.3, 0.4) is 0 Å². The van der Waals surface area contributed by atoms with Crippen LogP contribution in [-0.4, -0.2) is 25.3 Å². The highest BCUT2D eigenvalue weighted by molar-refractivity contribution is 5.40. The minimum atomic E-state index is 0.121. The summed E-state index contributed by atoms with van der Waals surface area (Å²) in [5.74, 6) is 3.30. The van der Waals surface area contributed by atoms with E-state index in [0.29, 0.717) is 18.6 Å². The van der Waals surface area contributed by atoms with Crippen LogP contribution in [-0.2, 0) is 0 Å². The number of likely N-dealkylation sites (N-methyl/N-ethyl adjacent to an activating group) is 1. The van der Waals surface area contributed by atoms with Crippen molar-refractivity contribution in [2.24, 2.45) is 11.8 Å². The number of rotatable bonds is 4. The Hall–Kier alpha value is -1.22. The molecule has 1 aromatic rings. The zero-order valence-electron chi connectivity index (χ0n) is 13.2. The maximum Gasteiger partial charge on any atom is 0.161 e. The summed E-state index contributed by atoms with van der Waals surface area (Å²) in [5.41, 5.74) is 0. The lowest BCUT2D eigenvalue weighted by Gasteiger charge is -2.39. The van der Waals surface area contributed by atoms with Crippen LogP contribution in [0.15, 0.2) is 24.3 Å². The third-order valence-electron chi connectivity index (χ3n) is 4.86. The van der Waals surface area contributed by atoms with Crippen molar-refractivity contribution in [3.8, 4) is 11.5 Å². The van der Waals surface area contributed by atoms with E-state index in [2.05, 4.69) is 19.2 Å². The molecular formula is C18H27NO2. The molecule has 0 aromatic heterocycles. The van der Waals surface area contributed by atoms with Gasteiger partial charge in [0, 0.05) is 0 Å². The molecule has 3 nitrogen and oxygen atoms in total. The molecule has 0 spiro atoms. The highest BCUT2D eigenvalue weighted by atomic mass is 16.6. The Kier molecular flexibility index (Phi) is 4.69. The standard InChI is InChI=1S/C18H27NO2/c1-3-19-18(14-8-6-7-13(2)11-14)17-12-20-15-9-4-5-10-16(15)21-17/h4-5,9-10,13-14,17-19H,3,6-8,11-12H2,1-2H3. The van der Waals surface area contributed by atoms with Gasteiger partial charge >= 0.3 is 0 Å². The largest absolute Gasteiger partial charge is 0.486 e. The molecule has 1 aliphatic carbocycles. The van der Waals surface area contributed by atoms with Crippen molar-refractivity contribution < 1.29 is 9.47 Å². The average Bonchev–Trinajstić information content (AvgIpc) is 2.52. The third kappa shape index (κ3) is 3.34. The van der Waals surface area contributed by atoms with Crippen LogP contribution in [0.2, 0.25) is 0 Å². The lowest BCUT2D eigenvalue weighted by Crippen LogP contribution is -2.52. The maximum atomic E-state index is 6.25. The van der Waals surface area contributed by atoms with Crippen molar-refractivity contribution in [1.29, 1.82) is 0 Å². The van der Waals surface area contributed by atoms with Gasteiger partial charge in [0.2, 0.25) is 0 Å². The summed E-state index contributed by atoms with van der Waals surface area (Å²) in [7, 11) is 0. The summed E-state index contributed by atoms with van der Waals surface area (Å²) >= 11 is 0. The first-order chi connectivity index (χ1) is 10.3. The van der Waals surface area contributed by atoms with Gasteiger partial charge in [-0.1, -0.05) is 38.8 Å². The number of hydrogen-bond acceptors (Lipinski definition) is 3. The molecular weight excluding hydrogens is 262 g/mol. The van der Waals surface area contributed by atoms with E-state index < -0.39 is 0 Å². The van der Waals surface area contributed by atoms with E-state index in [9.17, 15) is 0 Å². The molecule has 21 heavy (non-hydrogen) atoms. The van der Waals surface area contributed by atoms with Crippen LogP contribution in [0, 0.1) is 11.8 Å². The Labute approximate surface area is 128 Å². The monoisotopic (exact) mass is 289 g/mol. The fraction of sp³-hybridized carbons (Fsp3) is 0.667. The first kappa shape index (κ1) is 14.7. The van der Waals surface area contributed by atoms with Crippen LogP contribution in [0.25, 0.3) is 0 Å². The molecule has 0 radical (unpaired) electrons. The minimum absolute atomic E-state index is 0.121. The van der Waals surface area contributed by atoms with Crippen LogP contribution in [0.5, 0.6) is 11.5 Å². The highest BCUT2D eigenvalue weighted by Gasteiger charge is 2.35. The summed E-state index contributed by atoms with van der Waals surface area (Å²) in [5, 5.41) is 3.67. The molecule has 4 atom stereocenters. The predicted octanol–water partition coefficient (Wildman–Crippen LogP) is 3.63. The van der Waals surface area contributed by atoms with Crippen LogP contribution in [0.1, 0.15) is 39.5 Å². The molecule has 0 amide bonds. The molecule has 1 heterocycles. The van der Waals surface area contributed by atoms with E-state index in [1.807, 2.05) is 24.3 Å². The normalized spacial score (nSPS) is 29.9. The third-order valence-corrected chi connectivity index (χ3v) is 4.86. The van der Waals surface area contributed by atoms with Crippen molar-refractivity contribution in [3.63, 3.8) is 0 Å². The second-order valence-electron chi connectivity index (χ2n) is 6.53. The van der Waals surface area contributed by atoms with E-state index in [0.717, 1.165) is 24.0 Å². The molecule has 3 heteroatoms. The molecule has 1 fully saturated rings. The lowest BCUT2D eigenvalue weighted by molar-refractivity contribution is 0.0330. The minimum Gasteiger partial charge on any atom is -0.486 e. The average molecular weight is 289 g/mol. The van der Waals surface area contributed by atoms with Crippen LogP contribution in [0.4, 0.5) is 0 Å². The summed E-state index contributed by atoms with van der Waals surface area (Å²) in [4.78, 5) is 0. The molecule has 116 valence electrons. The summed E-state index contributed by atoms with van der Waals surface area (Å²) in [6, 6.07) is 8.39. The number of nitrogens with one attached hydrogen (secondary N) is 1. The molecule has 2 aliphatic rings. The Morgan fingerprint density at radius 3 is 2.81 bits per heavy atom. The predicted molar refractivity (Wildman–Crippen MR) is 84.9 cm³/mol. The first-order valence-electron chi connectivity index (χ1n) is 8.39. The number of ether oxygens (including phenoxy) is 2. The van der Waals surface area contributed by atoms with Gasteiger partial charge in [-0.15, -0.1) is 0 Å². The second kappa shape index (κ2) is 6.69. The number of hydrogen-bond donors (Lipinski definition) is 1. The van der Waals surface area contributed by atoms with Crippen LogP contribution >= 0.6 is 0 Å². The fourth-order valence-corrected chi connectivity index (χ4v) is 3.86. The topological polar surface area (TPSA) is 30.5 Å². The quantitative estimate of drug-likeness (QED) is 0.918. The Balaban J connectivity index is 1.72. The van der Waals surface area contributed by atoms with Gasteiger partial charge in [-0.2, -0.15) is 0 Å². The molecule has 0 saturated heterocycles. The molecule has 3 rings (SSSR count). The fourth-order valence-electron chi connectivity index (χ4n) is 3.86. The van der Waals surface area contributed by atoms with Crippen LogP contribution < -0.4 is 14.8 Å². The van der Waals surface area contributed by atoms with E-state index in [1.165, 1.54) is 25.7 Å².